The summed E-state index contributed by atoms with van der Waals surface area (Å²) in [4.78, 5) is 4.56. The van der Waals surface area contributed by atoms with Crippen LogP contribution in [0.5, 0.6) is 0 Å². The van der Waals surface area contributed by atoms with Crippen molar-refractivity contribution in [1.29, 1.82) is 0 Å². The van der Waals surface area contributed by atoms with Crippen LogP contribution in [-0.2, 0) is 0 Å². The van der Waals surface area contributed by atoms with Crippen molar-refractivity contribution in [3.8, 4) is 0 Å². The lowest BCUT2D eigenvalue weighted by atomic mass is 10.1. The topological polar surface area (TPSA) is 37.5 Å². The third-order valence-electron chi connectivity index (χ3n) is 2.61. The van der Waals surface area contributed by atoms with Crippen LogP contribution in [0.4, 0.5) is 0 Å². The van der Waals surface area contributed by atoms with Crippen LogP contribution in [0, 0.1) is 0 Å². The van der Waals surface area contributed by atoms with Crippen LogP contribution < -0.4 is 0 Å². The van der Waals surface area contributed by atoms with Gasteiger partial charge in [0.25, 0.3) is 0 Å². The lowest BCUT2D eigenvalue weighted by Gasteiger charge is -2.06. The molecule has 3 nitrogen and oxygen atoms in total. The summed E-state index contributed by atoms with van der Waals surface area (Å²) in [5.74, 6) is 0.389. The van der Waals surface area contributed by atoms with Gasteiger partial charge in [-0.05, 0) is 34.8 Å². The van der Waals surface area contributed by atoms with Gasteiger partial charge in [-0.3, -0.25) is 0 Å². The minimum absolute atomic E-state index is 0.389. The normalized spacial score (nSPS) is 13.6. The standard InChI is InChI=1S/C12H15BrN2O/c1-7(2)11-6-15-5-9(13)4-10(8(3)16)12(15)14-11/h4-8,16H,1-3H3. The number of imidazole rings is 1. The summed E-state index contributed by atoms with van der Waals surface area (Å²) < 4.78 is 2.91. The third-order valence-corrected chi connectivity index (χ3v) is 3.04. The number of pyridine rings is 1. The second-order valence-electron chi connectivity index (χ2n) is 4.34. The molecule has 2 aromatic heterocycles. The molecule has 0 amide bonds. The number of aliphatic hydroxyl groups is 1. The molecular formula is C12H15BrN2O. The van der Waals surface area contributed by atoms with Crippen LogP contribution in [0.3, 0.4) is 0 Å². The van der Waals surface area contributed by atoms with E-state index >= 15 is 0 Å². The van der Waals surface area contributed by atoms with Crippen molar-refractivity contribution in [3.05, 3.63) is 34.2 Å². The van der Waals surface area contributed by atoms with Crippen LogP contribution in [0.1, 0.15) is 44.1 Å². The minimum atomic E-state index is -0.512. The Morgan fingerprint density at radius 2 is 2.00 bits per heavy atom. The van der Waals surface area contributed by atoms with Gasteiger partial charge >= 0.3 is 0 Å². The highest BCUT2D eigenvalue weighted by atomic mass is 79.9. The van der Waals surface area contributed by atoms with Gasteiger partial charge in [-0.25, -0.2) is 4.98 Å². The van der Waals surface area contributed by atoms with E-state index in [1.54, 1.807) is 6.92 Å². The Hall–Kier alpha value is -0.870. The fourth-order valence-electron chi connectivity index (χ4n) is 1.69. The monoisotopic (exact) mass is 282 g/mol. The summed E-state index contributed by atoms with van der Waals surface area (Å²) in [5.41, 5.74) is 2.73. The van der Waals surface area contributed by atoms with Gasteiger partial charge in [0, 0.05) is 22.4 Å². The summed E-state index contributed by atoms with van der Waals surface area (Å²) in [5, 5.41) is 9.72. The molecule has 2 rings (SSSR count). The molecule has 0 aliphatic carbocycles. The first-order valence-corrected chi connectivity index (χ1v) is 6.14. The van der Waals surface area contributed by atoms with Gasteiger partial charge in [-0.2, -0.15) is 0 Å². The smallest absolute Gasteiger partial charge is 0.142 e. The zero-order chi connectivity index (χ0) is 11.9. The molecule has 1 unspecified atom stereocenters. The number of nitrogens with zero attached hydrogens (tertiary/aromatic N) is 2. The second-order valence-corrected chi connectivity index (χ2v) is 5.26. The van der Waals surface area contributed by atoms with Crippen LogP contribution in [-0.4, -0.2) is 14.5 Å². The number of aromatic nitrogens is 2. The fourth-order valence-corrected chi connectivity index (χ4v) is 2.16. The van der Waals surface area contributed by atoms with Gasteiger partial charge in [0.1, 0.15) is 5.65 Å². The van der Waals surface area contributed by atoms with Gasteiger partial charge < -0.3 is 9.51 Å². The predicted octanol–water partition coefficient (Wildman–Crippen LogP) is 3.27. The van der Waals surface area contributed by atoms with Crippen LogP contribution in [0.2, 0.25) is 0 Å². The van der Waals surface area contributed by atoms with E-state index < -0.39 is 6.10 Å². The average molecular weight is 283 g/mol. The molecule has 0 spiro atoms. The molecule has 0 aliphatic heterocycles. The van der Waals surface area contributed by atoms with Gasteiger partial charge in [-0.15, -0.1) is 0 Å². The van der Waals surface area contributed by atoms with Gasteiger partial charge in [0.2, 0.25) is 0 Å². The molecular weight excluding hydrogens is 268 g/mol. The summed E-state index contributed by atoms with van der Waals surface area (Å²) in [6.45, 7) is 5.98. The number of aliphatic hydroxyl groups excluding tert-OH is 1. The molecule has 0 aromatic carbocycles. The van der Waals surface area contributed by atoms with E-state index in [0.717, 1.165) is 21.4 Å². The largest absolute Gasteiger partial charge is 0.389 e. The zero-order valence-corrected chi connectivity index (χ0v) is 11.2. The summed E-state index contributed by atoms with van der Waals surface area (Å²) >= 11 is 3.44. The Kier molecular flexibility index (Phi) is 3.04. The Morgan fingerprint density at radius 1 is 1.31 bits per heavy atom. The molecule has 2 heterocycles. The number of fused-ring (bicyclic) bond motifs is 1. The van der Waals surface area contributed by atoms with Crippen molar-refractivity contribution in [2.24, 2.45) is 0 Å². The maximum atomic E-state index is 9.72. The maximum Gasteiger partial charge on any atom is 0.142 e. The molecule has 1 N–H and O–H groups in total. The SMILES string of the molecule is CC(C)c1cn2cc(Br)cc(C(C)O)c2n1. The zero-order valence-electron chi connectivity index (χ0n) is 9.61. The van der Waals surface area contributed by atoms with Crippen molar-refractivity contribution in [2.45, 2.75) is 32.8 Å². The molecule has 0 bridgehead atoms. The van der Waals surface area contributed by atoms with Crippen molar-refractivity contribution < 1.29 is 5.11 Å². The minimum Gasteiger partial charge on any atom is -0.389 e. The molecule has 0 fully saturated rings. The molecule has 0 saturated heterocycles. The highest BCUT2D eigenvalue weighted by Gasteiger charge is 2.13. The molecule has 2 aromatic rings. The summed E-state index contributed by atoms with van der Waals surface area (Å²) in [7, 11) is 0. The van der Waals surface area contributed by atoms with Gasteiger partial charge in [0.05, 0.1) is 11.8 Å². The maximum absolute atomic E-state index is 9.72. The van der Waals surface area contributed by atoms with Crippen molar-refractivity contribution in [2.75, 3.05) is 0 Å². The Morgan fingerprint density at radius 3 is 2.56 bits per heavy atom. The predicted molar refractivity (Wildman–Crippen MR) is 67.6 cm³/mol. The molecule has 0 aliphatic rings. The van der Waals surface area contributed by atoms with E-state index in [1.165, 1.54) is 0 Å². The van der Waals surface area contributed by atoms with E-state index in [9.17, 15) is 5.11 Å². The third kappa shape index (κ3) is 1.99. The van der Waals surface area contributed by atoms with Crippen molar-refractivity contribution in [3.63, 3.8) is 0 Å². The highest BCUT2D eigenvalue weighted by Crippen LogP contribution is 2.25. The van der Waals surface area contributed by atoms with Crippen LogP contribution >= 0.6 is 15.9 Å². The Labute approximate surface area is 103 Å². The van der Waals surface area contributed by atoms with E-state index in [-0.39, 0.29) is 0 Å². The van der Waals surface area contributed by atoms with Crippen LogP contribution in [0.25, 0.3) is 5.65 Å². The molecule has 86 valence electrons. The van der Waals surface area contributed by atoms with E-state index in [2.05, 4.69) is 34.8 Å². The Balaban J connectivity index is 2.70. The average Bonchev–Trinajstić information content (AvgIpc) is 2.59. The first kappa shape index (κ1) is 11.6. The molecule has 4 heteroatoms. The summed E-state index contributed by atoms with van der Waals surface area (Å²) in [6, 6.07) is 1.91. The molecule has 16 heavy (non-hydrogen) atoms. The highest BCUT2D eigenvalue weighted by molar-refractivity contribution is 9.10. The molecule has 1 atom stereocenters. The van der Waals surface area contributed by atoms with Crippen molar-refractivity contribution >= 4 is 21.6 Å². The number of hydrogen-bond acceptors (Lipinski definition) is 2. The van der Waals surface area contributed by atoms with E-state index in [0.29, 0.717) is 5.92 Å². The second kappa shape index (κ2) is 4.18. The van der Waals surface area contributed by atoms with Gasteiger partial charge in [0.15, 0.2) is 0 Å². The van der Waals surface area contributed by atoms with E-state index in [1.807, 2.05) is 22.9 Å². The van der Waals surface area contributed by atoms with Gasteiger partial charge in [-0.1, -0.05) is 13.8 Å². The lowest BCUT2D eigenvalue weighted by molar-refractivity contribution is 0.200. The van der Waals surface area contributed by atoms with Crippen molar-refractivity contribution in [1.82, 2.24) is 9.38 Å². The van der Waals surface area contributed by atoms with Crippen LogP contribution in [0.15, 0.2) is 22.9 Å². The van der Waals surface area contributed by atoms with E-state index in [4.69, 9.17) is 0 Å². The lowest BCUT2D eigenvalue weighted by Crippen LogP contribution is -1.96. The summed E-state index contributed by atoms with van der Waals surface area (Å²) in [6.07, 6.45) is 3.46. The fraction of sp³-hybridized carbons (Fsp3) is 0.417. The Bertz CT molecular complexity index is 517. The molecule has 0 saturated carbocycles. The molecule has 0 radical (unpaired) electrons. The first-order chi connectivity index (χ1) is 7.49. The quantitative estimate of drug-likeness (QED) is 0.918. The first-order valence-electron chi connectivity index (χ1n) is 5.35. The number of rotatable bonds is 2. The number of hydrogen-bond donors (Lipinski definition) is 1. The number of halogens is 1.